The van der Waals surface area contributed by atoms with Gasteiger partial charge >= 0.3 is 0 Å². The van der Waals surface area contributed by atoms with E-state index in [1.807, 2.05) is 30.5 Å². The van der Waals surface area contributed by atoms with E-state index in [0.29, 0.717) is 16.5 Å². The second-order valence-electron chi connectivity index (χ2n) is 5.06. The number of thiazole rings is 1. The van der Waals surface area contributed by atoms with Crippen molar-refractivity contribution in [1.82, 2.24) is 4.98 Å². The summed E-state index contributed by atoms with van der Waals surface area (Å²) in [6.07, 6.45) is 1.98. The molecule has 0 saturated heterocycles. The van der Waals surface area contributed by atoms with E-state index in [-0.39, 0.29) is 18.3 Å². The first-order valence-corrected chi connectivity index (χ1v) is 9.52. The number of rotatable bonds is 6. The van der Waals surface area contributed by atoms with Crippen molar-refractivity contribution < 1.29 is 13.9 Å². The van der Waals surface area contributed by atoms with Crippen LogP contribution in [0.2, 0.25) is 0 Å². The first kappa shape index (κ1) is 17.4. The molecular formula is C18H15FN2O2S2. The van der Waals surface area contributed by atoms with Crippen molar-refractivity contribution in [1.29, 1.82) is 0 Å². The highest BCUT2D eigenvalue weighted by Crippen LogP contribution is 2.20. The summed E-state index contributed by atoms with van der Waals surface area (Å²) < 4.78 is 18.4. The monoisotopic (exact) mass is 374 g/mol. The molecule has 3 aromatic rings. The number of hydrogen-bond donors (Lipinski definition) is 1. The van der Waals surface area contributed by atoms with Gasteiger partial charge in [0.15, 0.2) is 0 Å². The van der Waals surface area contributed by atoms with E-state index < -0.39 is 0 Å². The fourth-order valence-corrected chi connectivity index (χ4v) is 3.20. The van der Waals surface area contributed by atoms with Crippen molar-refractivity contribution in [3.63, 3.8) is 0 Å². The summed E-state index contributed by atoms with van der Waals surface area (Å²) in [6, 6.07) is 13.4. The van der Waals surface area contributed by atoms with Crippen LogP contribution in [0.15, 0.2) is 58.8 Å². The maximum absolute atomic E-state index is 12.9. The second-order valence-corrected chi connectivity index (χ2v) is 6.88. The lowest BCUT2D eigenvalue weighted by molar-refractivity contribution is 0.102. The Bertz CT molecular complexity index is 866. The van der Waals surface area contributed by atoms with Crippen LogP contribution in [0.25, 0.3) is 0 Å². The fraction of sp³-hybridized carbons (Fsp3) is 0.111. The van der Waals surface area contributed by atoms with Crippen LogP contribution in [0.5, 0.6) is 5.75 Å². The Morgan fingerprint density at radius 1 is 1.28 bits per heavy atom. The molecule has 4 nitrogen and oxygen atoms in total. The van der Waals surface area contributed by atoms with Crippen LogP contribution in [0, 0.1) is 5.82 Å². The zero-order valence-electron chi connectivity index (χ0n) is 13.4. The van der Waals surface area contributed by atoms with Crippen LogP contribution in [-0.2, 0) is 6.61 Å². The molecule has 1 N–H and O–H groups in total. The Morgan fingerprint density at radius 3 is 2.84 bits per heavy atom. The molecule has 0 unspecified atom stereocenters. The van der Waals surface area contributed by atoms with Crippen LogP contribution in [0.3, 0.4) is 0 Å². The lowest BCUT2D eigenvalue weighted by atomic mass is 10.3. The van der Waals surface area contributed by atoms with Gasteiger partial charge in [0.1, 0.15) is 28.9 Å². The number of nitrogens with one attached hydrogen (secondary N) is 1. The highest BCUT2D eigenvalue weighted by atomic mass is 32.2. The fourth-order valence-electron chi connectivity index (χ4n) is 2.05. The molecule has 0 saturated carbocycles. The molecule has 7 heteroatoms. The van der Waals surface area contributed by atoms with Gasteiger partial charge in [0.2, 0.25) is 0 Å². The number of benzene rings is 2. The van der Waals surface area contributed by atoms with E-state index in [1.165, 1.54) is 23.5 Å². The molecule has 25 heavy (non-hydrogen) atoms. The van der Waals surface area contributed by atoms with Crippen LogP contribution in [-0.4, -0.2) is 17.1 Å². The number of ether oxygens (including phenoxy) is 1. The Kier molecular flexibility index (Phi) is 5.67. The normalized spacial score (nSPS) is 10.5. The Hall–Kier alpha value is -2.38. The molecule has 0 atom stereocenters. The lowest BCUT2D eigenvalue weighted by Gasteiger charge is -2.05. The van der Waals surface area contributed by atoms with Crippen LogP contribution in [0.1, 0.15) is 15.5 Å². The Balaban J connectivity index is 1.60. The highest BCUT2D eigenvalue weighted by molar-refractivity contribution is 7.98. The van der Waals surface area contributed by atoms with Crippen molar-refractivity contribution >= 4 is 34.7 Å². The maximum Gasteiger partial charge on any atom is 0.275 e. The molecule has 0 fully saturated rings. The summed E-state index contributed by atoms with van der Waals surface area (Å²) in [7, 11) is 0. The van der Waals surface area contributed by atoms with Gasteiger partial charge in [-0.1, -0.05) is 6.07 Å². The average molecular weight is 374 g/mol. The minimum atomic E-state index is -0.314. The quantitative estimate of drug-likeness (QED) is 0.628. The summed E-state index contributed by atoms with van der Waals surface area (Å²) in [6.45, 7) is 0.228. The van der Waals surface area contributed by atoms with E-state index in [4.69, 9.17) is 4.74 Å². The van der Waals surface area contributed by atoms with Gasteiger partial charge in [-0.3, -0.25) is 4.79 Å². The first-order valence-electron chi connectivity index (χ1n) is 7.42. The Labute approximate surface area is 153 Å². The van der Waals surface area contributed by atoms with E-state index in [9.17, 15) is 9.18 Å². The maximum atomic E-state index is 12.9. The summed E-state index contributed by atoms with van der Waals surface area (Å²) in [5.41, 5.74) is 1.08. The van der Waals surface area contributed by atoms with Crippen molar-refractivity contribution in [3.05, 3.63) is 70.4 Å². The Morgan fingerprint density at radius 2 is 2.08 bits per heavy atom. The molecule has 0 radical (unpaired) electrons. The van der Waals surface area contributed by atoms with E-state index in [1.54, 1.807) is 29.3 Å². The van der Waals surface area contributed by atoms with Crippen molar-refractivity contribution in [2.75, 3.05) is 11.6 Å². The molecule has 128 valence electrons. The van der Waals surface area contributed by atoms with E-state index in [2.05, 4.69) is 10.3 Å². The summed E-state index contributed by atoms with van der Waals surface area (Å²) in [5.74, 6) is -0.0230. The number of halogens is 1. The van der Waals surface area contributed by atoms with Gasteiger partial charge in [0.05, 0.1) is 0 Å². The molecule has 3 rings (SSSR count). The van der Waals surface area contributed by atoms with Gasteiger partial charge in [-0.25, -0.2) is 9.37 Å². The first-order chi connectivity index (χ1) is 12.1. The number of nitrogens with zero attached hydrogens (tertiary/aromatic N) is 1. The van der Waals surface area contributed by atoms with Gasteiger partial charge in [-0.2, -0.15) is 0 Å². The third-order valence-electron chi connectivity index (χ3n) is 3.29. The number of amides is 1. The minimum absolute atomic E-state index is 0.228. The predicted molar refractivity (Wildman–Crippen MR) is 99.0 cm³/mol. The van der Waals surface area contributed by atoms with Gasteiger partial charge < -0.3 is 10.1 Å². The number of hydrogen-bond acceptors (Lipinski definition) is 5. The van der Waals surface area contributed by atoms with E-state index in [0.717, 1.165) is 10.6 Å². The molecule has 2 aromatic carbocycles. The highest BCUT2D eigenvalue weighted by Gasteiger charge is 2.12. The third-order valence-corrected chi connectivity index (χ3v) is 4.84. The molecule has 0 aliphatic carbocycles. The van der Waals surface area contributed by atoms with Crippen molar-refractivity contribution in [2.45, 2.75) is 11.5 Å². The number of aromatic nitrogens is 1. The summed E-state index contributed by atoms with van der Waals surface area (Å²) in [5, 5.41) is 5.20. The SMILES string of the molecule is CSc1cccc(NC(=O)c2csc(COc3ccc(F)cc3)n2)c1. The van der Waals surface area contributed by atoms with E-state index >= 15 is 0 Å². The van der Waals surface area contributed by atoms with Gasteiger partial charge in [-0.15, -0.1) is 23.1 Å². The van der Waals surface area contributed by atoms with Gasteiger partial charge in [0.25, 0.3) is 5.91 Å². The zero-order chi connectivity index (χ0) is 17.6. The molecule has 1 aromatic heterocycles. The number of thioether (sulfide) groups is 1. The van der Waals surface area contributed by atoms with Gasteiger partial charge in [-0.05, 0) is 48.7 Å². The minimum Gasteiger partial charge on any atom is -0.486 e. The standard InChI is InChI=1S/C18H15FN2O2S2/c1-24-15-4-2-3-13(9-15)20-18(22)16-11-25-17(21-16)10-23-14-7-5-12(19)6-8-14/h2-9,11H,10H2,1H3,(H,20,22). The second kappa shape index (κ2) is 8.13. The molecule has 0 aliphatic rings. The van der Waals surface area contributed by atoms with Gasteiger partial charge in [0, 0.05) is 16.0 Å². The van der Waals surface area contributed by atoms with Crippen molar-refractivity contribution in [3.8, 4) is 5.75 Å². The summed E-state index contributed by atoms with van der Waals surface area (Å²) >= 11 is 2.95. The number of anilines is 1. The molecule has 1 amide bonds. The lowest BCUT2D eigenvalue weighted by Crippen LogP contribution is -2.12. The van der Waals surface area contributed by atoms with Crippen molar-refractivity contribution in [2.24, 2.45) is 0 Å². The third kappa shape index (κ3) is 4.80. The average Bonchev–Trinajstić information content (AvgIpc) is 3.10. The largest absolute Gasteiger partial charge is 0.486 e. The molecular weight excluding hydrogens is 359 g/mol. The molecule has 0 aliphatic heterocycles. The topological polar surface area (TPSA) is 51.2 Å². The molecule has 0 bridgehead atoms. The zero-order valence-corrected chi connectivity index (χ0v) is 15.0. The molecule has 0 spiro atoms. The van der Waals surface area contributed by atoms with Crippen LogP contribution >= 0.6 is 23.1 Å². The van der Waals surface area contributed by atoms with Crippen LogP contribution < -0.4 is 10.1 Å². The van der Waals surface area contributed by atoms with Crippen LogP contribution in [0.4, 0.5) is 10.1 Å². The smallest absolute Gasteiger partial charge is 0.275 e. The number of carbonyl (C=O) groups is 1. The predicted octanol–water partition coefficient (Wildman–Crippen LogP) is 4.84. The summed E-state index contributed by atoms with van der Waals surface area (Å²) in [4.78, 5) is 17.6. The molecule has 1 heterocycles. The number of carbonyl (C=O) groups excluding carboxylic acids is 1.